The first-order valence-electron chi connectivity index (χ1n) is 7.11. The number of rotatable bonds is 6. The Morgan fingerprint density at radius 1 is 1.17 bits per heavy atom. The zero-order valence-electron chi connectivity index (χ0n) is 13.3. The highest BCUT2D eigenvalue weighted by Gasteiger charge is 2.18. The Morgan fingerprint density at radius 2 is 1.83 bits per heavy atom. The molecule has 0 bridgehead atoms. The summed E-state index contributed by atoms with van der Waals surface area (Å²) in [6.07, 6.45) is 0. The van der Waals surface area contributed by atoms with Crippen molar-refractivity contribution in [2.75, 3.05) is 17.2 Å². The minimum atomic E-state index is -0.663. The first-order valence-corrected chi connectivity index (χ1v) is 7.90. The van der Waals surface area contributed by atoms with Crippen molar-refractivity contribution in [3.05, 3.63) is 22.7 Å². The second-order valence-corrected chi connectivity index (χ2v) is 6.32. The normalized spacial score (nSPS) is 11.7. The van der Waals surface area contributed by atoms with Crippen molar-refractivity contribution in [3.63, 3.8) is 0 Å². The molecule has 0 aliphatic heterocycles. The Bertz CT molecular complexity index is 604. The molecule has 0 aliphatic rings. The van der Waals surface area contributed by atoms with Crippen molar-refractivity contribution in [2.24, 2.45) is 11.7 Å². The highest BCUT2D eigenvalue weighted by molar-refractivity contribution is 9.10. The van der Waals surface area contributed by atoms with Crippen LogP contribution in [0.2, 0.25) is 0 Å². The van der Waals surface area contributed by atoms with Gasteiger partial charge in [0.25, 0.3) is 0 Å². The Hall–Kier alpha value is -1.93. The quantitative estimate of drug-likeness (QED) is 0.594. The van der Waals surface area contributed by atoms with Crippen LogP contribution in [0, 0.1) is 5.92 Å². The molecule has 0 radical (unpaired) electrons. The van der Waals surface area contributed by atoms with E-state index in [-0.39, 0.29) is 24.3 Å². The number of amides is 3. The summed E-state index contributed by atoms with van der Waals surface area (Å²) in [6.45, 7) is 4.82. The zero-order chi connectivity index (χ0) is 17.6. The largest absolute Gasteiger partial charge is 0.346 e. The van der Waals surface area contributed by atoms with E-state index in [9.17, 15) is 14.4 Å². The summed E-state index contributed by atoms with van der Waals surface area (Å²) in [6, 6.07) is 4.40. The molecule has 0 saturated carbocycles. The van der Waals surface area contributed by atoms with Crippen LogP contribution in [0.3, 0.4) is 0 Å². The van der Waals surface area contributed by atoms with Crippen molar-refractivity contribution in [1.82, 2.24) is 5.32 Å². The number of benzene rings is 1. The summed E-state index contributed by atoms with van der Waals surface area (Å²) in [7, 11) is 0. The number of carbonyl (C=O) groups is 3. The molecule has 23 heavy (non-hydrogen) atoms. The van der Waals surface area contributed by atoms with E-state index < -0.39 is 11.9 Å². The van der Waals surface area contributed by atoms with Crippen LogP contribution in [-0.4, -0.2) is 30.3 Å². The summed E-state index contributed by atoms with van der Waals surface area (Å²) >= 11 is 3.30. The van der Waals surface area contributed by atoms with Gasteiger partial charge in [0.15, 0.2) is 0 Å². The molecular formula is C15H21BrN4O3. The lowest BCUT2D eigenvalue weighted by molar-refractivity contribution is -0.125. The standard InChI is InChI=1S/C15H21BrN4O3/c1-8(2)14(17)15(23)18-7-13(22)20-12-6-10(16)4-5-11(12)19-9(3)21/h4-6,8,14H,7,17H2,1-3H3,(H,18,23)(H,19,21)(H,20,22)/t14-/m0/s1. The van der Waals surface area contributed by atoms with Gasteiger partial charge in [0, 0.05) is 11.4 Å². The van der Waals surface area contributed by atoms with Crippen molar-refractivity contribution >= 4 is 45.0 Å². The van der Waals surface area contributed by atoms with E-state index in [0.717, 1.165) is 4.47 Å². The topological polar surface area (TPSA) is 113 Å². The summed E-state index contributed by atoms with van der Waals surface area (Å²) in [5.41, 5.74) is 6.60. The molecule has 7 nitrogen and oxygen atoms in total. The third kappa shape index (κ3) is 6.37. The second kappa shape index (κ2) is 8.64. The van der Waals surface area contributed by atoms with E-state index in [4.69, 9.17) is 5.73 Å². The molecule has 1 rings (SSSR count). The highest BCUT2D eigenvalue weighted by atomic mass is 79.9. The molecule has 0 heterocycles. The first-order chi connectivity index (χ1) is 10.7. The third-order valence-electron chi connectivity index (χ3n) is 3.01. The average Bonchev–Trinajstić information content (AvgIpc) is 2.46. The van der Waals surface area contributed by atoms with Gasteiger partial charge in [-0.15, -0.1) is 0 Å². The van der Waals surface area contributed by atoms with Gasteiger partial charge in [-0.25, -0.2) is 0 Å². The molecule has 1 atom stereocenters. The minimum absolute atomic E-state index is 0.0190. The van der Waals surface area contributed by atoms with Gasteiger partial charge in [-0.1, -0.05) is 29.8 Å². The molecule has 126 valence electrons. The lowest BCUT2D eigenvalue weighted by Crippen LogP contribution is -2.46. The highest BCUT2D eigenvalue weighted by Crippen LogP contribution is 2.26. The van der Waals surface area contributed by atoms with Crippen molar-refractivity contribution in [1.29, 1.82) is 0 Å². The number of anilines is 2. The average molecular weight is 385 g/mol. The Balaban J connectivity index is 2.68. The van der Waals surface area contributed by atoms with Crippen LogP contribution >= 0.6 is 15.9 Å². The minimum Gasteiger partial charge on any atom is -0.346 e. The number of hydrogen-bond donors (Lipinski definition) is 4. The van der Waals surface area contributed by atoms with Crippen LogP contribution in [0.5, 0.6) is 0 Å². The maximum Gasteiger partial charge on any atom is 0.243 e. The first kappa shape index (κ1) is 19.1. The molecule has 3 amide bonds. The number of halogens is 1. The van der Waals surface area contributed by atoms with E-state index in [1.165, 1.54) is 6.92 Å². The van der Waals surface area contributed by atoms with E-state index in [1.807, 2.05) is 13.8 Å². The Morgan fingerprint density at radius 3 is 2.39 bits per heavy atom. The van der Waals surface area contributed by atoms with E-state index in [2.05, 4.69) is 31.9 Å². The molecule has 5 N–H and O–H groups in total. The van der Waals surface area contributed by atoms with E-state index in [1.54, 1.807) is 18.2 Å². The third-order valence-corrected chi connectivity index (χ3v) is 3.50. The Labute approximate surface area is 143 Å². The molecular weight excluding hydrogens is 364 g/mol. The van der Waals surface area contributed by atoms with Crippen molar-refractivity contribution in [2.45, 2.75) is 26.8 Å². The fraction of sp³-hybridized carbons (Fsp3) is 0.400. The fourth-order valence-corrected chi connectivity index (χ4v) is 2.06. The monoisotopic (exact) mass is 384 g/mol. The molecule has 0 fully saturated rings. The van der Waals surface area contributed by atoms with E-state index in [0.29, 0.717) is 11.4 Å². The van der Waals surface area contributed by atoms with E-state index >= 15 is 0 Å². The molecule has 0 aromatic heterocycles. The fourth-order valence-electron chi connectivity index (χ4n) is 1.70. The number of hydrogen-bond acceptors (Lipinski definition) is 4. The molecule has 0 aliphatic carbocycles. The van der Waals surface area contributed by atoms with Gasteiger partial charge < -0.3 is 21.7 Å². The van der Waals surface area contributed by atoms with Crippen LogP contribution in [0.4, 0.5) is 11.4 Å². The van der Waals surface area contributed by atoms with Gasteiger partial charge in [0.05, 0.1) is 24.0 Å². The van der Waals surface area contributed by atoms with Gasteiger partial charge in [0.2, 0.25) is 17.7 Å². The van der Waals surface area contributed by atoms with Gasteiger partial charge >= 0.3 is 0 Å². The van der Waals surface area contributed by atoms with Crippen molar-refractivity contribution < 1.29 is 14.4 Å². The molecule has 1 aromatic carbocycles. The summed E-state index contributed by atoms with van der Waals surface area (Å²) in [5.74, 6) is -1.07. The van der Waals surface area contributed by atoms with Gasteiger partial charge in [-0.05, 0) is 24.1 Å². The zero-order valence-corrected chi connectivity index (χ0v) is 14.9. The predicted molar refractivity (Wildman–Crippen MR) is 92.9 cm³/mol. The second-order valence-electron chi connectivity index (χ2n) is 5.41. The summed E-state index contributed by atoms with van der Waals surface area (Å²) in [4.78, 5) is 34.9. The van der Waals surface area contributed by atoms with Crippen LogP contribution in [0.25, 0.3) is 0 Å². The van der Waals surface area contributed by atoms with Crippen LogP contribution in [0.1, 0.15) is 20.8 Å². The maximum atomic E-state index is 12.0. The van der Waals surface area contributed by atoms with Crippen LogP contribution in [-0.2, 0) is 14.4 Å². The number of nitrogens with two attached hydrogens (primary N) is 1. The predicted octanol–water partition coefficient (Wildman–Crippen LogP) is 1.45. The van der Waals surface area contributed by atoms with Crippen LogP contribution in [0.15, 0.2) is 22.7 Å². The van der Waals surface area contributed by atoms with Gasteiger partial charge in [-0.2, -0.15) is 0 Å². The Kier molecular flexibility index (Phi) is 7.18. The van der Waals surface area contributed by atoms with Gasteiger partial charge in [0.1, 0.15) is 0 Å². The van der Waals surface area contributed by atoms with Crippen molar-refractivity contribution in [3.8, 4) is 0 Å². The molecule has 1 aromatic rings. The molecule has 8 heteroatoms. The molecule has 0 unspecified atom stereocenters. The molecule has 0 saturated heterocycles. The smallest absolute Gasteiger partial charge is 0.243 e. The van der Waals surface area contributed by atoms with Crippen LogP contribution < -0.4 is 21.7 Å². The SMILES string of the molecule is CC(=O)Nc1ccc(Br)cc1NC(=O)CNC(=O)[C@@H](N)C(C)C. The summed E-state index contributed by atoms with van der Waals surface area (Å²) < 4.78 is 0.743. The lowest BCUT2D eigenvalue weighted by atomic mass is 10.1. The summed E-state index contributed by atoms with van der Waals surface area (Å²) in [5, 5.41) is 7.75. The maximum absolute atomic E-state index is 12.0. The molecule has 0 spiro atoms. The number of carbonyl (C=O) groups excluding carboxylic acids is 3. The number of nitrogens with one attached hydrogen (secondary N) is 3. The lowest BCUT2D eigenvalue weighted by Gasteiger charge is -2.16. The van der Waals surface area contributed by atoms with Gasteiger partial charge in [-0.3, -0.25) is 14.4 Å².